The van der Waals surface area contributed by atoms with Crippen molar-refractivity contribution in [2.45, 2.75) is 78.1 Å². The average Bonchev–Trinajstić information content (AvgIpc) is 2.54. The topological polar surface area (TPSA) is 12.5 Å². The van der Waals surface area contributed by atoms with Gasteiger partial charge in [0.25, 0.3) is 0 Å². The van der Waals surface area contributed by atoms with Crippen LogP contribution in [-0.2, 0) is 4.74 Å². The van der Waals surface area contributed by atoms with Crippen LogP contribution < -0.4 is 0 Å². The molecule has 0 N–H and O–H groups in total. The Morgan fingerprint density at radius 2 is 1.36 bits per heavy atom. The molecule has 2 nitrogen and oxygen atoms in total. The van der Waals surface area contributed by atoms with E-state index in [0.717, 1.165) is 13.2 Å². The highest BCUT2D eigenvalue weighted by Gasteiger charge is 2.04. The Balaban J connectivity index is 3.66. The standard InChI is InChI=1S/C20H39NO/c1-5-8-10-11-12-13-14-15-17-21(16-9-6-2)18-19-22-20(4)7-3/h7H,3-6,8-19H2,1-2H3. The molecule has 0 aromatic carbocycles. The van der Waals surface area contributed by atoms with Crippen LogP contribution in [0.3, 0.4) is 0 Å². The maximum atomic E-state index is 5.53. The van der Waals surface area contributed by atoms with E-state index in [1.165, 1.54) is 77.3 Å². The second kappa shape index (κ2) is 16.6. The summed E-state index contributed by atoms with van der Waals surface area (Å²) in [7, 11) is 0. The van der Waals surface area contributed by atoms with Crippen LogP contribution in [0.4, 0.5) is 0 Å². The molecule has 0 atom stereocenters. The van der Waals surface area contributed by atoms with Gasteiger partial charge in [-0.05, 0) is 32.0 Å². The zero-order valence-electron chi connectivity index (χ0n) is 15.2. The van der Waals surface area contributed by atoms with Gasteiger partial charge < -0.3 is 4.74 Å². The van der Waals surface area contributed by atoms with Gasteiger partial charge in [0, 0.05) is 6.54 Å². The number of nitrogens with zero attached hydrogens (tertiary/aromatic N) is 1. The molecule has 0 heterocycles. The Hall–Kier alpha value is -0.760. The molecule has 0 aliphatic carbocycles. The molecular weight excluding hydrogens is 270 g/mol. The molecule has 0 rings (SSSR count). The van der Waals surface area contributed by atoms with E-state index in [0.29, 0.717) is 5.76 Å². The van der Waals surface area contributed by atoms with Crippen molar-refractivity contribution in [2.75, 3.05) is 26.2 Å². The fraction of sp³-hybridized carbons (Fsp3) is 0.800. The Bertz CT molecular complexity index is 262. The van der Waals surface area contributed by atoms with Gasteiger partial charge in [-0.15, -0.1) is 0 Å². The summed E-state index contributed by atoms with van der Waals surface area (Å²) < 4.78 is 5.53. The van der Waals surface area contributed by atoms with Gasteiger partial charge in [-0.25, -0.2) is 0 Å². The Kier molecular flexibility index (Phi) is 16.0. The van der Waals surface area contributed by atoms with Crippen LogP contribution >= 0.6 is 0 Å². The highest BCUT2D eigenvalue weighted by molar-refractivity contribution is 5.01. The van der Waals surface area contributed by atoms with E-state index >= 15 is 0 Å². The molecule has 0 amide bonds. The largest absolute Gasteiger partial charge is 0.493 e. The lowest BCUT2D eigenvalue weighted by Crippen LogP contribution is -2.29. The predicted molar refractivity (Wildman–Crippen MR) is 99.2 cm³/mol. The number of ether oxygens (including phenoxy) is 1. The quantitative estimate of drug-likeness (QED) is 0.187. The summed E-state index contributed by atoms with van der Waals surface area (Å²) in [6, 6.07) is 0. The maximum absolute atomic E-state index is 5.53. The number of unbranched alkanes of at least 4 members (excludes halogenated alkanes) is 8. The molecule has 0 unspecified atom stereocenters. The lowest BCUT2D eigenvalue weighted by molar-refractivity contribution is 0.161. The van der Waals surface area contributed by atoms with Gasteiger partial charge >= 0.3 is 0 Å². The molecule has 0 saturated heterocycles. The third-order valence-electron chi connectivity index (χ3n) is 4.08. The van der Waals surface area contributed by atoms with E-state index in [1.807, 2.05) is 0 Å². The molecule has 0 saturated carbocycles. The molecule has 0 radical (unpaired) electrons. The van der Waals surface area contributed by atoms with E-state index in [2.05, 4.69) is 31.9 Å². The summed E-state index contributed by atoms with van der Waals surface area (Å²) in [5.74, 6) is 0.683. The van der Waals surface area contributed by atoms with Gasteiger partial charge in [-0.1, -0.05) is 78.4 Å². The summed E-state index contributed by atoms with van der Waals surface area (Å²) in [4.78, 5) is 2.54. The van der Waals surface area contributed by atoms with Crippen LogP contribution in [0.2, 0.25) is 0 Å². The molecule has 0 aromatic heterocycles. The molecule has 0 aromatic rings. The van der Waals surface area contributed by atoms with Crippen molar-refractivity contribution in [3.8, 4) is 0 Å². The Morgan fingerprint density at radius 3 is 1.95 bits per heavy atom. The lowest BCUT2D eigenvalue weighted by atomic mass is 10.1. The van der Waals surface area contributed by atoms with Gasteiger partial charge in [-0.3, -0.25) is 4.90 Å². The van der Waals surface area contributed by atoms with Gasteiger partial charge in [0.15, 0.2) is 0 Å². The number of hydrogen-bond acceptors (Lipinski definition) is 2. The smallest absolute Gasteiger partial charge is 0.111 e. The molecule has 0 bridgehead atoms. The molecule has 0 fully saturated rings. The highest BCUT2D eigenvalue weighted by atomic mass is 16.5. The first-order chi connectivity index (χ1) is 10.7. The first kappa shape index (κ1) is 21.2. The van der Waals surface area contributed by atoms with Gasteiger partial charge in [0.1, 0.15) is 12.4 Å². The summed E-state index contributed by atoms with van der Waals surface area (Å²) in [6.07, 6.45) is 15.3. The monoisotopic (exact) mass is 309 g/mol. The van der Waals surface area contributed by atoms with Crippen LogP contribution in [0, 0.1) is 0 Å². The second-order valence-electron chi connectivity index (χ2n) is 6.19. The molecule has 0 aliphatic rings. The molecule has 22 heavy (non-hydrogen) atoms. The molecule has 0 spiro atoms. The highest BCUT2D eigenvalue weighted by Crippen LogP contribution is 2.09. The average molecular weight is 310 g/mol. The lowest BCUT2D eigenvalue weighted by Gasteiger charge is -2.22. The van der Waals surface area contributed by atoms with Crippen LogP contribution in [0.15, 0.2) is 25.0 Å². The minimum atomic E-state index is 0.683. The van der Waals surface area contributed by atoms with Crippen molar-refractivity contribution in [1.82, 2.24) is 4.90 Å². The second-order valence-corrected chi connectivity index (χ2v) is 6.19. The number of hydrogen-bond donors (Lipinski definition) is 0. The normalized spacial score (nSPS) is 10.9. The van der Waals surface area contributed by atoms with Gasteiger partial charge in [0.05, 0.1) is 0 Å². The van der Waals surface area contributed by atoms with Crippen molar-refractivity contribution in [2.24, 2.45) is 0 Å². The molecule has 2 heteroatoms. The fourth-order valence-electron chi connectivity index (χ4n) is 2.55. The predicted octanol–water partition coefficient (Wildman–Crippen LogP) is 5.95. The fourth-order valence-corrected chi connectivity index (χ4v) is 2.55. The molecule has 0 aliphatic heterocycles. The van der Waals surface area contributed by atoms with Crippen LogP contribution in [0.25, 0.3) is 0 Å². The maximum Gasteiger partial charge on any atom is 0.111 e. The minimum Gasteiger partial charge on any atom is -0.493 e. The van der Waals surface area contributed by atoms with E-state index in [1.54, 1.807) is 6.08 Å². The van der Waals surface area contributed by atoms with Gasteiger partial charge in [-0.2, -0.15) is 0 Å². The zero-order chi connectivity index (χ0) is 16.5. The van der Waals surface area contributed by atoms with Crippen molar-refractivity contribution >= 4 is 0 Å². The van der Waals surface area contributed by atoms with E-state index in [4.69, 9.17) is 4.74 Å². The third kappa shape index (κ3) is 14.2. The molecule has 130 valence electrons. The van der Waals surface area contributed by atoms with Crippen LogP contribution in [0.1, 0.15) is 78.1 Å². The summed E-state index contributed by atoms with van der Waals surface area (Å²) in [5.41, 5.74) is 0. The van der Waals surface area contributed by atoms with Crippen molar-refractivity contribution in [3.63, 3.8) is 0 Å². The third-order valence-corrected chi connectivity index (χ3v) is 4.08. The van der Waals surface area contributed by atoms with Crippen molar-refractivity contribution in [3.05, 3.63) is 25.0 Å². The van der Waals surface area contributed by atoms with E-state index in [-0.39, 0.29) is 0 Å². The minimum absolute atomic E-state index is 0.683. The van der Waals surface area contributed by atoms with Gasteiger partial charge in [0.2, 0.25) is 0 Å². The number of allylic oxidation sites excluding steroid dienone is 1. The SMILES string of the molecule is C=CC(=C)OCCN(CCCC)CCCCCCCCCC. The van der Waals surface area contributed by atoms with E-state index in [9.17, 15) is 0 Å². The van der Waals surface area contributed by atoms with Crippen molar-refractivity contribution < 1.29 is 4.74 Å². The van der Waals surface area contributed by atoms with Crippen LogP contribution in [-0.4, -0.2) is 31.1 Å². The van der Waals surface area contributed by atoms with Crippen LogP contribution in [0.5, 0.6) is 0 Å². The summed E-state index contributed by atoms with van der Waals surface area (Å²) in [6.45, 7) is 16.1. The van der Waals surface area contributed by atoms with Crippen molar-refractivity contribution in [1.29, 1.82) is 0 Å². The summed E-state index contributed by atoms with van der Waals surface area (Å²) in [5, 5.41) is 0. The Morgan fingerprint density at radius 1 is 0.818 bits per heavy atom. The molecular formula is C20H39NO. The number of rotatable bonds is 17. The first-order valence-electron chi connectivity index (χ1n) is 9.41. The zero-order valence-corrected chi connectivity index (χ0v) is 15.2. The van der Waals surface area contributed by atoms with E-state index < -0.39 is 0 Å². The first-order valence-corrected chi connectivity index (χ1v) is 9.41. The Labute approximate surface area is 139 Å². The summed E-state index contributed by atoms with van der Waals surface area (Å²) >= 11 is 0.